The molecule has 0 radical (unpaired) electrons. The number of pyridine rings is 1. The van der Waals surface area contributed by atoms with Gasteiger partial charge in [-0.3, -0.25) is 10.7 Å². The molecule has 0 aliphatic rings. The van der Waals surface area contributed by atoms with E-state index >= 15 is 0 Å². The second-order valence-electron chi connectivity index (χ2n) is 3.89. The Hall–Kier alpha value is -2.51. The van der Waals surface area contributed by atoms with Crippen LogP contribution in [0.15, 0.2) is 42.5 Å². The van der Waals surface area contributed by atoms with Gasteiger partial charge < -0.3 is 4.74 Å². The van der Waals surface area contributed by atoms with Gasteiger partial charge in [0, 0.05) is 5.69 Å². The molecule has 96 valence electrons. The Morgan fingerprint density at radius 1 is 1.21 bits per heavy atom. The number of aromatic nitrogens is 1. The van der Waals surface area contributed by atoms with Crippen LogP contribution in [0.5, 0.6) is 5.75 Å². The van der Waals surface area contributed by atoms with Crippen LogP contribution in [-0.4, -0.2) is 16.8 Å². The van der Waals surface area contributed by atoms with Gasteiger partial charge in [0.1, 0.15) is 18.1 Å². The minimum absolute atomic E-state index is 0.293. The van der Waals surface area contributed by atoms with E-state index in [2.05, 4.69) is 22.3 Å². The molecule has 0 fully saturated rings. The van der Waals surface area contributed by atoms with E-state index in [1.165, 1.54) is 0 Å². The Morgan fingerprint density at radius 2 is 2.00 bits per heavy atom. The number of benzene rings is 1. The number of anilines is 1. The summed E-state index contributed by atoms with van der Waals surface area (Å²) in [6.07, 6.45) is 0. The van der Waals surface area contributed by atoms with Crippen molar-refractivity contribution in [2.45, 2.75) is 6.92 Å². The summed E-state index contributed by atoms with van der Waals surface area (Å²) in [5, 5.41) is 8.67. The lowest BCUT2D eigenvalue weighted by molar-refractivity contribution is 0.369. The zero-order valence-electron chi connectivity index (χ0n) is 10.6. The van der Waals surface area contributed by atoms with Gasteiger partial charge in [0.2, 0.25) is 0 Å². The number of nitrogens with one attached hydrogen (secondary N) is 1. The second-order valence-corrected chi connectivity index (χ2v) is 3.89. The van der Waals surface area contributed by atoms with Crippen molar-refractivity contribution in [3.8, 4) is 17.6 Å². The Morgan fingerprint density at radius 3 is 2.68 bits per heavy atom. The fraction of sp³-hybridized carbons (Fsp3) is 0.133. The van der Waals surface area contributed by atoms with Gasteiger partial charge in [-0.15, -0.1) is 0 Å². The topological polar surface area (TPSA) is 54.4 Å². The maximum absolute atomic E-state index is 8.67. The number of hydrogen-bond acceptors (Lipinski definition) is 4. The minimum Gasteiger partial charge on any atom is -0.481 e. The van der Waals surface area contributed by atoms with Gasteiger partial charge in [0.15, 0.2) is 0 Å². The molecule has 0 aliphatic carbocycles. The minimum atomic E-state index is 0.293. The fourth-order valence-corrected chi connectivity index (χ4v) is 1.48. The van der Waals surface area contributed by atoms with Crippen molar-refractivity contribution in [2.75, 3.05) is 12.1 Å². The Bertz CT molecular complexity index is 598. The molecular formula is C15H14N2O2. The van der Waals surface area contributed by atoms with E-state index in [-0.39, 0.29) is 0 Å². The molecule has 1 heterocycles. The Balaban J connectivity index is 1.89. The lowest BCUT2D eigenvalue weighted by Crippen LogP contribution is -1.95. The average molecular weight is 254 g/mol. The number of nitrogens with zero attached hydrogens (tertiary/aromatic N) is 1. The summed E-state index contributed by atoms with van der Waals surface area (Å²) in [6, 6.07) is 12.7. The second kappa shape index (κ2) is 6.43. The third-order valence-corrected chi connectivity index (χ3v) is 2.40. The molecule has 0 amide bonds. The highest BCUT2D eigenvalue weighted by Gasteiger charge is 1.93. The van der Waals surface area contributed by atoms with Crippen molar-refractivity contribution in [1.29, 1.82) is 0 Å². The number of aryl methyl sites for hydroxylation is 1. The normalized spacial score (nSPS) is 9.37. The van der Waals surface area contributed by atoms with Crippen LogP contribution in [0.3, 0.4) is 0 Å². The Labute approximate surface area is 112 Å². The predicted octanol–water partition coefficient (Wildman–Crippen LogP) is 2.62. The molecule has 1 aromatic heterocycles. The van der Waals surface area contributed by atoms with Gasteiger partial charge in [0.05, 0.1) is 5.69 Å². The molecule has 19 heavy (non-hydrogen) atoms. The first-order valence-electron chi connectivity index (χ1n) is 5.83. The van der Waals surface area contributed by atoms with E-state index < -0.39 is 0 Å². The van der Waals surface area contributed by atoms with Gasteiger partial charge in [-0.05, 0) is 49.2 Å². The van der Waals surface area contributed by atoms with E-state index in [1.807, 2.05) is 25.1 Å². The SMILES string of the molecule is Cc1cccc(C#CCOc2ccc(NO)cc2)n1. The van der Waals surface area contributed by atoms with Crippen molar-refractivity contribution in [1.82, 2.24) is 4.98 Å². The van der Waals surface area contributed by atoms with Crippen molar-refractivity contribution in [2.24, 2.45) is 0 Å². The fourth-order valence-electron chi connectivity index (χ4n) is 1.48. The summed E-state index contributed by atoms with van der Waals surface area (Å²) < 4.78 is 5.45. The third kappa shape index (κ3) is 4.02. The highest BCUT2D eigenvalue weighted by Crippen LogP contribution is 2.14. The quantitative estimate of drug-likeness (QED) is 0.653. The lowest BCUT2D eigenvalue weighted by atomic mass is 10.3. The van der Waals surface area contributed by atoms with E-state index in [4.69, 9.17) is 9.94 Å². The molecule has 0 bridgehead atoms. The molecule has 0 unspecified atom stereocenters. The van der Waals surface area contributed by atoms with Crippen LogP contribution in [0, 0.1) is 18.8 Å². The first-order chi connectivity index (χ1) is 9.28. The van der Waals surface area contributed by atoms with Gasteiger partial charge in [-0.2, -0.15) is 0 Å². The number of ether oxygens (including phenoxy) is 1. The van der Waals surface area contributed by atoms with Crippen molar-refractivity contribution < 1.29 is 9.94 Å². The predicted molar refractivity (Wildman–Crippen MR) is 73.2 cm³/mol. The summed E-state index contributed by atoms with van der Waals surface area (Å²) in [6.45, 7) is 2.22. The van der Waals surface area contributed by atoms with Gasteiger partial charge in [-0.25, -0.2) is 4.98 Å². The summed E-state index contributed by atoms with van der Waals surface area (Å²) in [4.78, 5) is 4.28. The average Bonchev–Trinajstić information content (AvgIpc) is 2.44. The third-order valence-electron chi connectivity index (χ3n) is 2.40. The highest BCUT2D eigenvalue weighted by molar-refractivity contribution is 5.44. The van der Waals surface area contributed by atoms with Crippen LogP contribution in [0.25, 0.3) is 0 Å². The molecule has 0 aliphatic heterocycles. The zero-order chi connectivity index (χ0) is 13.5. The summed E-state index contributed by atoms with van der Waals surface area (Å²) in [7, 11) is 0. The zero-order valence-corrected chi connectivity index (χ0v) is 10.6. The summed E-state index contributed by atoms with van der Waals surface area (Å²) in [5.74, 6) is 6.55. The van der Waals surface area contributed by atoms with Crippen LogP contribution < -0.4 is 10.2 Å². The van der Waals surface area contributed by atoms with Crippen LogP contribution in [-0.2, 0) is 0 Å². The van der Waals surface area contributed by atoms with E-state index in [1.54, 1.807) is 24.3 Å². The van der Waals surface area contributed by atoms with Gasteiger partial charge in [-0.1, -0.05) is 12.0 Å². The van der Waals surface area contributed by atoms with Crippen LogP contribution in [0.2, 0.25) is 0 Å². The molecule has 2 aromatic rings. The molecule has 2 N–H and O–H groups in total. The Kier molecular flexibility index (Phi) is 4.38. The molecular weight excluding hydrogens is 240 g/mol. The maximum atomic E-state index is 8.67. The van der Waals surface area contributed by atoms with Crippen LogP contribution in [0.1, 0.15) is 11.4 Å². The molecule has 0 saturated heterocycles. The first-order valence-corrected chi connectivity index (χ1v) is 5.83. The molecule has 0 spiro atoms. The largest absolute Gasteiger partial charge is 0.481 e. The lowest BCUT2D eigenvalue weighted by Gasteiger charge is -2.02. The van der Waals surface area contributed by atoms with Crippen molar-refractivity contribution in [3.63, 3.8) is 0 Å². The van der Waals surface area contributed by atoms with Crippen LogP contribution in [0.4, 0.5) is 5.69 Å². The number of rotatable bonds is 3. The summed E-state index contributed by atoms with van der Waals surface area (Å²) >= 11 is 0. The highest BCUT2D eigenvalue weighted by atomic mass is 16.5. The molecule has 0 saturated carbocycles. The standard InChI is InChI=1S/C15H14N2O2/c1-12-4-2-5-13(16-12)6-3-11-19-15-9-7-14(17-18)8-10-15/h2,4-5,7-10,17-18H,11H2,1H3. The molecule has 4 heteroatoms. The molecule has 4 nitrogen and oxygen atoms in total. The van der Waals surface area contributed by atoms with E-state index in [9.17, 15) is 0 Å². The molecule has 2 rings (SSSR count). The van der Waals surface area contributed by atoms with Crippen LogP contribution >= 0.6 is 0 Å². The molecule has 1 aromatic carbocycles. The van der Waals surface area contributed by atoms with E-state index in [0.29, 0.717) is 18.0 Å². The van der Waals surface area contributed by atoms with Gasteiger partial charge >= 0.3 is 0 Å². The summed E-state index contributed by atoms with van der Waals surface area (Å²) in [5.41, 5.74) is 4.35. The van der Waals surface area contributed by atoms with Crippen molar-refractivity contribution in [3.05, 3.63) is 53.9 Å². The molecule has 0 atom stereocenters. The monoisotopic (exact) mass is 254 g/mol. The van der Waals surface area contributed by atoms with Gasteiger partial charge in [0.25, 0.3) is 0 Å². The van der Waals surface area contributed by atoms with Crippen molar-refractivity contribution >= 4 is 5.69 Å². The first kappa shape index (κ1) is 12.9. The number of hydrogen-bond donors (Lipinski definition) is 2. The smallest absolute Gasteiger partial charge is 0.149 e. The maximum Gasteiger partial charge on any atom is 0.149 e. The van der Waals surface area contributed by atoms with E-state index in [0.717, 1.165) is 11.4 Å².